The van der Waals surface area contributed by atoms with Crippen LogP contribution >= 0.6 is 11.6 Å². The summed E-state index contributed by atoms with van der Waals surface area (Å²) in [4.78, 5) is 11.4. The Morgan fingerprint density at radius 2 is 2.35 bits per heavy atom. The number of rotatable bonds is 5. The van der Waals surface area contributed by atoms with Crippen LogP contribution in [0.5, 0.6) is 0 Å². The molecule has 1 aromatic rings. The maximum atomic E-state index is 13.4. The monoisotopic (exact) mass is 260 g/mol. The molecule has 1 unspecified atom stereocenters. The summed E-state index contributed by atoms with van der Waals surface area (Å²) >= 11 is 5.81. The lowest BCUT2D eigenvalue weighted by Gasteiger charge is -2.12. The first kappa shape index (κ1) is 13.9. The summed E-state index contributed by atoms with van der Waals surface area (Å²) in [6.07, 6.45) is 0. The highest BCUT2D eigenvalue weighted by atomic mass is 35.5. The van der Waals surface area contributed by atoms with E-state index < -0.39 is 17.8 Å². The molecule has 1 amide bonds. The fourth-order valence-electron chi connectivity index (χ4n) is 1.26. The predicted octanol–water partition coefficient (Wildman–Crippen LogP) is 1.07. The molecule has 1 rings (SSSR count). The van der Waals surface area contributed by atoms with Gasteiger partial charge >= 0.3 is 0 Å². The Balaban J connectivity index is 2.59. The van der Waals surface area contributed by atoms with Gasteiger partial charge in [-0.3, -0.25) is 4.79 Å². The Hall–Kier alpha value is -1.17. The first-order chi connectivity index (χ1) is 8.06. The number of hydrogen-bond donors (Lipinski definition) is 2. The van der Waals surface area contributed by atoms with E-state index in [0.29, 0.717) is 0 Å². The molecule has 17 heavy (non-hydrogen) atoms. The van der Waals surface area contributed by atoms with E-state index in [1.165, 1.54) is 19.2 Å². The Bertz CT molecular complexity index is 381. The van der Waals surface area contributed by atoms with Crippen LogP contribution in [0.15, 0.2) is 18.2 Å². The minimum absolute atomic E-state index is 0.00174. The molecule has 1 atom stereocenters. The minimum Gasteiger partial charge on any atom is -0.383 e. The van der Waals surface area contributed by atoms with Crippen molar-refractivity contribution >= 4 is 17.5 Å². The Kier molecular flexibility index (Phi) is 5.34. The van der Waals surface area contributed by atoms with Gasteiger partial charge in [0.15, 0.2) is 0 Å². The van der Waals surface area contributed by atoms with Crippen molar-refractivity contribution in [2.24, 2.45) is 5.73 Å². The molecule has 0 radical (unpaired) electrons. The summed E-state index contributed by atoms with van der Waals surface area (Å²) < 4.78 is 18.1. The second-order valence-electron chi connectivity index (χ2n) is 3.48. The van der Waals surface area contributed by atoms with Gasteiger partial charge in [-0.25, -0.2) is 4.39 Å². The summed E-state index contributed by atoms with van der Waals surface area (Å²) in [7, 11) is 1.45. The number of carbonyl (C=O) groups excluding carboxylic acids is 1. The van der Waals surface area contributed by atoms with Gasteiger partial charge in [0.1, 0.15) is 11.9 Å². The summed E-state index contributed by atoms with van der Waals surface area (Å²) in [6, 6.07) is 3.56. The zero-order valence-electron chi connectivity index (χ0n) is 9.37. The Labute approximate surface area is 104 Å². The van der Waals surface area contributed by atoms with E-state index in [1.54, 1.807) is 6.07 Å². The number of ether oxygens (including phenoxy) is 1. The van der Waals surface area contributed by atoms with Crippen LogP contribution in [-0.2, 0) is 16.1 Å². The average Bonchev–Trinajstić information content (AvgIpc) is 2.28. The number of hydrogen-bond acceptors (Lipinski definition) is 3. The average molecular weight is 261 g/mol. The molecule has 4 nitrogen and oxygen atoms in total. The molecule has 94 valence electrons. The topological polar surface area (TPSA) is 64.3 Å². The van der Waals surface area contributed by atoms with Crippen molar-refractivity contribution in [1.29, 1.82) is 0 Å². The van der Waals surface area contributed by atoms with Gasteiger partial charge in [-0.15, -0.1) is 0 Å². The lowest BCUT2D eigenvalue weighted by molar-refractivity contribution is -0.123. The third-order valence-corrected chi connectivity index (χ3v) is 2.54. The zero-order valence-corrected chi connectivity index (χ0v) is 10.1. The van der Waals surface area contributed by atoms with E-state index >= 15 is 0 Å². The number of carbonyl (C=O) groups is 1. The van der Waals surface area contributed by atoms with Crippen molar-refractivity contribution < 1.29 is 13.9 Å². The third-order valence-electron chi connectivity index (χ3n) is 2.18. The van der Waals surface area contributed by atoms with Crippen molar-refractivity contribution in [3.8, 4) is 0 Å². The van der Waals surface area contributed by atoms with Crippen LogP contribution in [0.3, 0.4) is 0 Å². The first-order valence-corrected chi connectivity index (χ1v) is 5.39. The highest BCUT2D eigenvalue weighted by molar-refractivity contribution is 6.31. The van der Waals surface area contributed by atoms with Gasteiger partial charge in [0.25, 0.3) is 0 Å². The zero-order chi connectivity index (χ0) is 12.8. The minimum atomic E-state index is -0.773. The first-order valence-electron chi connectivity index (χ1n) is 5.01. The van der Waals surface area contributed by atoms with Crippen LogP contribution in [0.2, 0.25) is 5.02 Å². The molecule has 0 fully saturated rings. The molecular weight excluding hydrogens is 247 g/mol. The molecule has 1 aromatic carbocycles. The predicted molar refractivity (Wildman–Crippen MR) is 63.1 cm³/mol. The van der Waals surface area contributed by atoms with E-state index in [4.69, 9.17) is 22.1 Å². The summed E-state index contributed by atoms with van der Waals surface area (Å²) in [5.41, 5.74) is 5.75. The van der Waals surface area contributed by atoms with E-state index in [-0.39, 0.29) is 23.7 Å². The molecule has 0 aromatic heterocycles. The summed E-state index contributed by atoms with van der Waals surface area (Å²) in [5.74, 6) is -0.871. The molecule has 6 heteroatoms. The molecule has 0 bridgehead atoms. The molecule has 0 heterocycles. The van der Waals surface area contributed by atoms with Crippen molar-refractivity contribution in [2.45, 2.75) is 12.6 Å². The van der Waals surface area contributed by atoms with Crippen LogP contribution < -0.4 is 11.1 Å². The third kappa shape index (κ3) is 3.96. The molecule has 0 spiro atoms. The maximum absolute atomic E-state index is 13.4. The van der Waals surface area contributed by atoms with Crippen LogP contribution in [-0.4, -0.2) is 25.7 Å². The number of benzene rings is 1. The Morgan fingerprint density at radius 3 is 2.94 bits per heavy atom. The number of nitrogens with one attached hydrogen (secondary N) is 1. The van der Waals surface area contributed by atoms with Gasteiger partial charge < -0.3 is 15.8 Å². The lowest BCUT2D eigenvalue weighted by atomic mass is 10.2. The van der Waals surface area contributed by atoms with E-state index in [1.807, 2.05) is 0 Å². The fourth-order valence-corrected chi connectivity index (χ4v) is 1.49. The van der Waals surface area contributed by atoms with Crippen LogP contribution in [0.1, 0.15) is 5.56 Å². The van der Waals surface area contributed by atoms with E-state index in [2.05, 4.69) is 5.32 Å². The van der Waals surface area contributed by atoms with Crippen molar-refractivity contribution in [2.75, 3.05) is 13.7 Å². The fraction of sp³-hybridized carbons (Fsp3) is 0.364. The van der Waals surface area contributed by atoms with Crippen molar-refractivity contribution in [3.05, 3.63) is 34.6 Å². The van der Waals surface area contributed by atoms with Gasteiger partial charge in [0.2, 0.25) is 5.91 Å². The molecule has 0 saturated heterocycles. The number of halogens is 2. The normalized spacial score (nSPS) is 12.2. The van der Waals surface area contributed by atoms with Crippen molar-refractivity contribution in [3.63, 3.8) is 0 Å². The standard InChI is InChI=1S/C11H14ClFN2O2/c1-17-6-10(14)11(16)15-5-7-8(12)3-2-4-9(7)13/h2-4,10H,5-6,14H2,1H3,(H,15,16). The van der Waals surface area contributed by atoms with Gasteiger partial charge in [-0.1, -0.05) is 17.7 Å². The summed E-state index contributed by atoms with van der Waals surface area (Å²) in [6.45, 7) is 0.110. The SMILES string of the molecule is COCC(N)C(=O)NCc1c(F)cccc1Cl. The van der Waals surface area contributed by atoms with E-state index in [9.17, 15) is 9.18 Å². The second-order valence-corrected chi connectivity index (χ2v) is 3.89. The van der Waals surface area contributed by atoms with Gasteiger partial charge in [0.05, 0.1) is 6.61 Å². The molecule has 0 aliphatic rings. The number of nitrogens with two attached hydrogens (primary N) is 1. The Morgan fingerprint density at radius 1 is 1.65 bits per heavy atom. The van der Waals surface area contributed by atoms with Gasteiger partial charge in [-0.2, -0.15) is 0 Å². The largest absolute Gasteiger partial charge is 0.383 e. The van der Waals surface area contributed by atoms with E-state index in [0.717, 1.165) is 0 Å². The maximum Gasteiger partial charge on any atom is 0.239 e. The smallest absolute Gasteiger partial charge is 0.239 e. The molecule has 3 N–H and O–H groups in total. The molecule has 0 aliphatic carbocycles. The van der Waals surface area contributed by atoms with Gasteiger partial charge in [-0.05, 0) is 12.1 Å². The summed E-state index contributed by atoms with van der Waals surface area (Å²) in [5, 5.41) is 2.77. The van der Waals surface area contributed by atoms with Gasteiger partial charge in [0, 0.05) is 24.2 Å². The number of methoxy groups -OCH3 is 1. The molecular formula is C11H14ClFN2O2. The highest BCUT2D eigenvalue weighted by Gasteiger charge is 2.14. The molecule has 0 aliphatic heterocycles. The van der Waals surface area contributed by atoms with Crippen LogP contribution in [0.4, 0.5) is 4.39 Å². The van der Waals surface area contributed by atoms with Crippen LogP contribution in [0, 0.1) is 5.82 Å². The quantitative estimate of drug-likeness (QED) is 0.832. The van der Waals surface area contributed by atoms with Crippen LogP contribution in [0.25, 0.3) is 0 Å². The second kappa shape index (κ2) is 6.54. The van der Waals surface area contributed by atoms with Crippen molar-refractivity contribution in [1.82, 2.24) is 5.32 Å². The number of amides is 1. The lowest BCUT2D eigenvalue weighted by Crippen LogP contribution is -2.43. The molecule has 0 saturated carbocycles. The highest BCUT2D eigenvalue weighted by Crippen LogP contribution is 2.18.